The summed E-state index contributed by atoms with van der Waals surface area (Å²) in [5, 5.41) is 54.2. The van der Waals surface area contributed by atoms with Crippen LogP contribution < -0.4 is 10.6 Å². The topological polar surface area (TPSA) is 181 Å². The predicted octanol–water partition coefficient (Wildman–Crippen LogP) is 3.98. The lowest BCUT2D eigenvalue weighted by molar-refractivity contribution is -0.334. The molecular weight excluding hydrogens is 746 g/mol. The predicted molar refractivity (Wildman–Crippen MR) is 224 cm³/mol. The summed E-state index contributed by atoms with van der Waals surface area (Å²) in [6.45, 7) is 25.7. The van der Waals surface area contributed by atoms with Gasteiger partial charge in [0.25, 0.3) is 0 Å². The maximum absolute atomic E-state index is 14.4. The number of carbonyl (C=O) groups is 1. The standard InChI is InChI=1S/C44H85N3O11/c1-17-19-26(4)46-24-44(52)31(9)55-34(22-42(44,12)53-16)57-36-29(7)38(58-40-35(48)32(47(14)15)20-28(6)54-40)41(10,11)21-27(5)45-23-25(3)37(49)43(13,51)33(18-2)56-39(50)30(36)8/h25-38,40,45-46,48-49,51-52H,17-24H2,1-16H3/t25-,26?,27+,28+,29-,30+,31-,32-,33+,34+,35+,36+,37+,38+,40-,42-,43+,44+/m0/s1. The summed E-state index contributed by atoms with van der Waals surface area (Å²) in [6.07, 6.45) is -3.88. The average molecular weight is 832 g/mol. The fourth-order valence-corrected chi connectivity index (χ4v) is 9.95. The average Bonchev–Trinajstić information content (AvgIpc) is 3.14. The van der Waals surface area contributed by atoms with Crippen LogP contribution in [0.3, 0.4) is 0 Å². The highest BCUT2D eigenvalue weighted by Crippen LogP contribution is 2.44. The zero-order chi connectivity index (χ0) is 44.1. The van der Waals surface area contributed by atoms with E-state index in [1.54, 1.807) is 14.0 Å². The first-order valence-electron chi connectivity index (χ1n) is 22.1. The molecule has 58 heavy (non-hydrogen) atoms. The number of rotatable bonds is 12. The molecule has 14 heteroatoms. The third-order valence-corrected chi connectivity index (χ3v) is 13.9. The number of esters is 1. The molecule has 3 heterocycles. The van der Waals surface area contributed by atoms with Crippen LogP contribution in [0, 0.1) is 23.2 Å². The van der Waals surface area contributed by atoms with E-state index >= 15 is 0 Å². The van der Waals surface area contributed by atoms with E-state index in [2.05, 4.69) is 45.3 Å². The lowest BCUT2D eigenvalue weighted by Gasteiger charge is -2.54. The van der Waals surface area contributed by atoms with E-state index < -0.39 is 89.2 Å². The van der Waals surface area contributed by atoms with Crippen molar-refractivity contribution in [2.45, 2.75) is 219 Å². The molecule has 6 N–H and O–H groups in total. The van der Waals surface area contributed by atoms with Crippen LogP contribution in [0.1, 0.15) is 129 Å². The Morgan fingerprint density at radius 2 is 1.62 bits per heavy atom. The van der Waals surface area contributed by atoms with Gasteiger partial charge in [-0.3, -0.25) is 4.79 Å². The number of hydrogen-bond acceptors (Lipinski definition) is 14. The fourth-order valence-electron chi connectivity index (χ4n) is 9.95. The van der Waals surface area contributed by atoms with Crippen molar-refractivity contribution < 1.29 is 53.6 Å². The Kier molecular flexibility index (Phi) is 18.5. The molecule has 3 saturated heterocycles. The third-order valence-electron chi connectivity index (χ3n) is 13.9. The summed E-state index contributed by atoms with van der Waals surface area (Å²) in [7, 11) is 5.45. The van der Waals surface area contributed by atoms with Crippen molar-refractivity contribution in [3.05, 3.63) is 0 Å². The Morgan fingerprint density at radius 3 is 2.19 bits per heavy atom. The number of hydrogen-bond donors (Lipinski definition) is 6. The molecule has 1 unspecified atom stereocenters. The summed E-state index contributed by atoms with van der Waals surface area (Å²) in [5.41, 5.74) is -4.86. The molecule has 14 nitrogen and oxygen atoms in total. The van der Waals surface area contributed by atoms with E-state index in [1.165, 1.54) is 6.92 Å². The highest BCUT2D eigenvalue weighted by molar-refractivity contribution is 5.73. The number of carbonyl (C=O) groups excluding carboxylic acids is 1. The molecule has 3 aliphatic rings. The first kappa shape index (κ1) is 51.3. The van der Waals surface area contributed by atoms with Gasteiger partial charge in [-0.1, -0.05) is 48.0 Å². The maximum Gasteiger partial charge on any atom is 0.311 e. The minimum atomic E-state index is -1.75. The minimum Gasteiger partial charge on any atom is -0.459 e. The number of aliphatic hydroxyl groups is 4. The number of likely N-dealkylation sites (N-methyl/N-ethyl adjacent to an activating group) is 1. The van der Waals surface area contributed by atoms with E-state index in [4.69, 9.17) is 28.4 Å². The molecule has 0 amide bonds. The van der Waals surface area contributed by atoms with Crippen molar-refractivity contribution >= 4 is 5.97 Å². The second-order valence-corrected chi connectivity index (χ2v) is 19.7. The number of aliphatic hydroxyl groups excluding tert-OH is 2. The zero-order valence-corrected chi connectivity index (χ0v) is 38.9. The van der Waals surface area contributed by atoms with Crippen molar-refractivity contribution in [3.8, 4) is 0 Å². The summed E-state index contributed by atoms with van der Waals surface area (Å²) in [6, 6.07) is -0.0859. The van der Waals surface area contributed by atoms with Crippen LogP contribution in [-0.2, 0) is 33.2 Å². The Morgan fingerprint density at radius 1 is 0.983 bits per heavy atom. The van der Waals surface area contributed by atoms with Crippen molar-refractivity contribution in [1.82, 2.24) is 15.5 Å². The molecule has 3 fully saturated rings. The highest BCUT2D eigenvalue weighted by Gasteiger charge is 2.58. The van der Waals surface area contributed by atoms with Crippen molar-refractivity contribution in [3.63, 3.8) is 0 Å². The second-order valence-electron chi connectivity index (χ2n) is 19.7. The monoisotopic (exact) mass is 832 g/mol. The van der Waals surface area contributed by atoms with Gasteiger partial charge >= 0.3 is 5.97 Å². The van der Waals surface area contributed by atoms with E-state index in [0.29, 0.717) is 19.4 Å². The van der Waals surface area contributed by atoms with E-state index in [-0.39, 0.29) is 49.5 Å². The fraction of sp³-hybridized carbons (Fsp3) is 0.977. The van der Waals surface area contributed by atoms with Gasteiger partial charge in [-0.15, -0.1) is 0 Å². The van der Waals surface area contributed by atoms with E-state index in [9.17, 15) is 25.2 Å². The molecule has 0 aliphatic carbocycles. The van der Waals surface area contributed by atoms with Crippen LogP contribution in [0.2, 0.25) is 0 Å². The van der Waals surface area contributed by atoms with Crippen LogP contribution in [0.25, 0.3) is 0 Å². The van der Waals surface area contributed by atoms with Crippen LogP contribution in [0.15, 0.2) is 0 Å². The molecule has 18 atom stereocenters. The summed E-state index contributed by atoms with van der Waals surface area (Å²) < 4.78 is 39.1. The van der Waals surface area contributed by atoms with Crippen LogP contribution in [-0.4, -0.2) is 156 Å². The molecular formula is C44H85N3O11. The van der Waals surface area contributed by atoms with Gasteiger partial charge in [-0.05, 0) is 99.6 Å². The highest BCUT2D eigenvalue weighted by atomic mass is 16.7. The van der Waals surface area contributed by atoms with Gasteiger partial charge in [-0.2, -0.15) is 0 Å². The number of nitrogens with one attached hydrogen (secondary N) is 2. The van der Waals surface area contributed by atoms with Crippen molar-refractivity contribution in [2.24, 2.45) is 23.2 Å². The SMILES string of the molecule is CCCC(C)NC[C@@]1(O)[C@H](C)O[C@H](O[C@@H]2[C@H](C)[C@@H](O[C@@H]3O[C@H](C)C[C@H](N(C)C)[C@H]3O)C(C)(C)C[C@@H](C)NC[C@H](C)[C@@H](O)[C@](C)(O)[C@@H](CC)OC(=O)[C@@H]2C)C[C@]1(C)OC. The van der Waals surface area contributed by atoms with Gasteiger partial charge < -0.3 is 64.4 Å². The van der Waals surface area contributed by atoms with Gasteiger partial charge in [-0.25, -0.2) is 0 Å². The van der Waals surface area contributed by atoms with Gasteiger partial charge in [0.15, 0.2) is 12.6 Å². The van der Waals surface area contributed by atoms with Crippen molar-refractivity contribution in [1.29, 1.82) is 0 Å². The summed E-state index contributed by atoms with van der Waals surface area (Å²) in [5.74, 6) is -2.44. The quantitative estimate of drug-likeness (QED) is 0.156. The van der Waals surface area contributed by atoms with Gasteiger partial charge in [0, 0.05) is 50.7 Å². The lowest BCUT2D eigenvalue weighted by Crippen LogP contribution is -2.70. The Hall–Kier alpha value is -1.01. The van der Waals surface area contributed by atoms with Crippen LogP contribution in [0.5, 0.6) is 0 Å². The van der Waals surface area contributed by atoms with Gasteiger partial charge in [0.1, 0.15) is 29.0 Å². The van der Waals surface area contributed by atoms with E-state index in [0.717, 1.165) is 12.8 Å². The molecule has 0 aromatic rings. The number of methoxy groups -OCH3 is 1. The van der Waals surface area contributed by atoms with Gasteiger partial charge in [0.2, 0.25) is 0 Å². The molecule has 3 rings (SSSR count). The van der Waals surface area contributed by atoms with Crippen LogP contribution in [0.4, 0.5) is 0 Å². The largest absolute Gasteiger partial charge is 0.459 e. The molecule has 0 spiro atoms. The Labute approximate surface area is 350 Å². The second kappa shape index (κ2) is 20.9. The summed E-state index contributed by atoms with van der Waals surface area (Å²) >= 11 is 0. The molecule has 0 aromatic carbocycles. The minimum absolute atomic E-state index is 0.0587. The molecule has 342 valence electrons. The summed E-state index contributed by atoms with van der Waals surface area (Å²) in [4.78, 5) is 16.4. The first-order chi connectivity index (χ1) is 26.8. The van der Waals surface area contributed by atoms with E-state index in [1.807, 2.05) is 60.5 Å². The zero-order valence-electron chi connectivity index (χ0n) is 38.9. The molecule has 0 radical (unpaired) electrons. The smallest absolute Gasteiger partial charge is 0.311 e. The maximum atomic E-state index is 14.4. The van der Waals surface area contributed by atoms with Crippen molar-refractivity contribution in [2.75, 3.05) is 34.3 Å². The van der Waals surface area contributed by atoms with Crippen LogP contribution >= 0.6 is 0 Å². The lowest BCUT2D eigenvalue weighted by atomic mass is 9.72. The third kappa shape index (κ3) is 11.7. The number of ether oxygens (including phenoxy) is 6. The number of nitrogens with zero attached hydrogens (tertiary/aromatic N) is 1. The normalized spacial score (nSPS) is 45.6. The van der Waals surface area contributed by atoms with Gasteiger partial charge in [0.05, 0.1) is 36.4 Å². The molecule has 0 saturated carbocycles. The number of cyclic esters (lactones) is 1. The Balaban J connectivity index is 2.15. The first-order valence-corrected chi connectivity index (χ1v) is 22.1. The molecule has 0 aromatic heterocycles. The molecule has 3 aliphatic heterocycles. The Bertz CT molecular complexity index is 1280. The molecule has 0 bridgehead atoms.